The van der Waals surface area contributed by atoms with Gasteiger partial charge >= 0.3 is 0 Å². The Morgan fingerprint density at radius 3 is 2.59 bits per heavy atom. The zero-order valence-corrected chi connectivity index (χ0v) is 9.34. The van der Waals surface area contributed by atoms with Gasteiger partial charge in [-0.1, -0.05) is 18.2 Å². The predicted molar refractivity (Wildman–Crippen MR) is 64.1 cm³/mol. The van der Waals surface area contributed by atoms with Crippen molar-refractivity contribution in [1.82, 2.24) is 0 Å². The van der Waals surface area contributed by atoms with Crippen LogP contribution >= 0.6 is 0 Å². The molecule has 0 aliphatic rings. The van der Waals surface area contributed by atoms with E-state index in [9.17, 15) is 5.11 Å². The Morgan fingerprint density at radius 1 is 1.12 bits per heavy atom. The normalized spacial score (nSPS) is 9.65. The minimum atomic E-state index is 0.0674. The van der Waals surface area contributed by atoms with Crippen LogP contribution in [0.1, 0.15) is 11.1 Å². The van der Waals surface area contributed by atoms with E-state index >= 15 is 0 Å². The van der Waals surface area contributed by atoms with Crippen molar-refractivity contribution in [2.45, 2.75) is 6.92 Å². The number of phenols is 1. The lowest BCUT2D eigenvalue weighted by Crippen LogP contribution is -1.88. The van der Waals surface area contributed by atoms with Crippen LogP contribution in [0.25, 0.3) is 0 Å². The van der Waals surface area contributed by atoms with Gasteiger partial charge in [-0.3, -0.25) is 0 Å². The van der Waals surface area contributed by atoms with Gasteiger partial charge in [0.05, 0.1) is 5.56 Å². The molecule has 0 saturated heterocycles. The summed E-state index contributed by atoms with van der Waals surface area (Å²) in [7, 11) is 0. The summed E-state index contributed by atoms with van der Waals surface area (Å²) in [6.45, 7) is 1.88. The number of hydrogen-bond acceptors (Lipinski definition) is 3. The molecule has 17 heavy (non-hydrogen) atoms. The molecule has 2 aromatic carbocycles. The third-order valence-corrected chi connectivity index (χ3v) is 2.34. The standard InChI is InChI=1S/C14H11NO2/c1-10-6-7-14(12(16)8-10)17-13-5-3-2-4-11(13)9-15/h2-8,16H,1H3. The van der Waals surface area contributed by atoms with Crippen molar-refractivity contribution in [1.29, 1.82) is 5.26 Å². The fourth-order valence-electron chi connectivity index (χ4n) is 1.48. The number of hydrogen-bond donors (Lipinski definition) is 1. The molecule has 0 fully saturated rings. The zero-order valence-electron chi connectivity index (χ0n) is 9.34. The monoisotopic (exact) mass is 225 g/mol. The van der Waals surface area contributed by atoms with Crippen LogP contribution < -0.4 is 4.74 Å². The quantitative estimate of drug-likeness (QED) is 0.852. The smallest absolute Gasteiger partial charge is 0.169 e. The van der Waals surface area contributed by atoms with Crippen molar-refractivity contribution >= 4 is 0 Å². The average Bonchev–Trinajstić information content (AvgIpc) is 2.33. The highest BCUT2D eigenvalue weighted by molar-refractivity contribution is 5.48. The van der Waals surface area contributed by atoms with Gasteiger partial charge in [0.15, 0.2) is 11.5 Å². The molecule has 0 bridgehead atoms. The molecule has 3 heteroatoms. The van der Waals surface area contributed by atoms with E-state index in [0.29, 0.717) is 17.1 Å². The number of aryl methyl sites for hydroxylation is 1. The summed E-state index contributed by atoms with van der Waals surface area (Å²) in [6, 6.07) is 14.1. The van der Waals surface area contributed by atoms with Crippen LogP contribution in [0.3, 0.4) is 0 Å². The largest absolute Gasteiger partial charge is 0.504 e. The molecule has 0 atom stereocenters. The molecular weight excluding hydrogens is 214 g/mol. The molecule has 0 saturated carbocycles. The van der Waals surface area contributed by atoms with Crippen LogP contribution in [0.4, 0.5) is 0 Å². The maximum atomic E-state index is 9.71. The third-order valence-electron chi connectivity index (χ3n) is 2.34. The van der Waals surface area contributed by atoms with Gasteiger partial charge in [-0.25, -0.2) is 0 Å². The van der Waals surface area contributed by atoms with Crippen LogP contribution in [-0.4, -0.2) is 5.11 Å². The van der Waals surface area contributed by atoms with Crippen molar-refractivity contribution < 1.29 is 9.84 Å². The van der Waals surface area contributed by atoms with Crippen LogP contribution in [0.2, 0.25) is 0 Å². The Hall–Kier alpha value is -2.47. The SMILES string of the molecule is Cc1ccc(Oc2ccccc2C#N)c(O)c1. The van der Waals surface area contributed by atoms with E-state index in [1.54, 1.807) is 36.4 Å². The second-order valence-corrected chi connectivity index (χ2v) is 3.68. The first kappa shape index (κ1) is 11.0. The van der Waals surface area contributed by atoms with Crippen molar-refractivity contribution in [3.8, 4) is 23.3 Å². The molecule has 0 unspecified atom stereocenters. The minimum absolute atomic E-state index is 0.0674. The second-order valence-electron chi connectivity index (χ2n) is 3.68. The van der Waals surface area contributed by atoms with Crippen molar-refractivity contribution in [3.63, 3.8) is 0 Å². The molecule has 0 aliphatic heterocycles. The molecule has 0 heterocycles. The molecule has 0 amide bonds. The molecule has 3 nitrogen and oxygen atoms in total. The fourth-order valence-corrected chi connectivity index (χ4v) is 1.48. The molecule has 1 N–H and O–H groups in total. The minimum Gasteiger partial charge on any atom is -0.504 e. The Labute approximate surface area is 99.5 Å². The number of benzene rings is 2. The summed E-state index contributed by atoms with van der Waals surface area (Å²) in [5, 5.41) is 18.6. The highest BCUT2D eigenvalue weighted by atomic mass is 16.5. The van der Waals surface area contributed by atoms with Gasteiger partial charge in [-0.2, -0.15) is 5.26 Å². The summed E-state index contributed by atoms with van der Waals surface area (Å²) in [5.41, 5.74) is 1.39. The first-order chi connectivity index (χ1) is 8.20. The summed E-state index contributed by atoms with van der Waals surface area (Å²) in [5.74, 6) is 0.852. The van der Waals surface area contributed by atoms with E-state index in [1.165, 1.54) is 0 Å². The maximum Gasteiger partial charge on any atom is 0.169 e. The number of rotatable bonds is 2. The van der Waals surface area contributed by atoms with Crippen molar-refractivity contribution in [2.24, 2.45) is 0 Å². The maximum absolute atomic E-state index is 9.71. The Balaban J connectivity index is 2.35. The van der Waals surface area contributed by atoms with Crippen LogP contribution in [-0.2, 0) is 0 Å². The Morgan fingerprint density at radius 2 is 1.88 bits per heavy atom. The van der Waals surface area contributed by atoms with Crippen LogP contribution in [0.5, 0.6) is 17.2 Å². The number of phenolic OH excluding ortho intramolecular Hbond substituents is 1. The number of para-hydroxylation sites is 1. The van der Waals surface area contributed by atoms with E-state index in [4.69, 9.17) is 10.00 Å². The summed E-state index contributed by atoms with van der Waals surface area (Å²) >= 11 is 0. The van der Waals surface area contributed by atoms with Crippen molar-refractivity contribution in [2.75, 3.05) is 0 Å². The van der Waals surface area contributed by atoms with Crippen molar-refractivity contribution in [3.05, 3.63) is 53.6 Å². The van der Waals surface area contributed by atoms with E-state index in [1.807, 2.05) is 19.1 Å². The molecule has 0 aliphatic carbocycles. The Kier molecular flexibility index (Phi) is 2.97. The first-order valence-corrected chi connectivity index (χ1v) is 5.17. The van der Waals surface area contributed by atoms with Crippen LogP contribution in [0, 0.1) is 18.3 Å². The molecule has 2 rings (SSSR count). The number of nitrogens with zero attached hydrogens (tertiary/aromatic N) is 1. The van der Waals surface area contributed by atoms with E-state index in [0.717, 1.165) is 5.56 Å². The van der Waals surface area contributed by atoms with Gasteiger partial charge < -0.3 is 9.84 Å². The van der Waals surface area contributed by atoms with Gasteiger partial charge in [0.2, 0.25) is 0 Å². The lowest BCUT2D eigenvalue weighted by Gasteiger charge is -2.09. The topological polar surface area (TPSA) is 53.2 Å². The number of nitriles is 1. The molecule has 2 aromatic rings. The second kappa shape index (κ2) is 4.58. The highest BCUT2D eigenvalue weighted by Gasteiger charge is 2.07. The fraction of sp³-hybridized carbons (Fsp3) is 0.0714. The van der Waals surface area contributed by atoms with Gasteiger partial charge in [-0.05, 0) is 36.8 Å². The molecule has 0 spiro atoms. The Bertz CT molecular complexity index is 585. The zero-order chi connectivity index (χ0) is 12.3. The van der Waals surface area contributed by atoms with Gasteiger partial charge in [0.1, 0.15) is 11.8 Å². The average molecular weight is 225 g/mol. The van der Waals surface area contributed by atoms with E-state index in [2.05, 4.69) is 0 Å². The first-order valence-electron chi connectivity index (χ1n) is 5.17. The summed E-state index contributed by atoms with van der Waals surface area (Å²) in [4.78, 5) is 0. The number of aromatic hydroxyl groups is 1. The van der Waals surface area contributed by atoms with E-state index in [-0.39, 0.29) is 5.75 Å². The lowest BCUT2D eigenvalue weighted by atomic mass is 10.2. The third kappa shape index (κ3) is 2.37. The highest BCUT2D eigenvalue weighted by Crippen LogP contribution is 2.32. The molecular formula is C14H11NO2. The summed E-state index contributed by atoms with van der Waals surface area (Å²) in [6.07, 6.45) is 0. The molecule has 0 aromatic heterocycles. The molecule has 0 radical (unpaired) electrons. The molecule has 84 valence electrons. The van der Waals surface area contributed by atoms with Gasteiger partial charge in [0, 0.05) is 0 Å². The van der Waals surface area contributed by atoms with Gasteiger partial charge in [-0.15, -0.1) is 0 Å². The number of ether oxygens (including phenoxy) is 1. The van der Waals surface area contributed by atoms with Gasteiger partial charge in [0.25, 0.3) is 0 Å². The lowest BCUT2D eigenvalue weighted by molar-refractivity contribution is 0.410. The predicted octanol–water partition coefficient (Wildman–Crippen LogP) is 3.36. The van der Waals surface area contributed by atoms with E-state index < -0.39 is 0 Å². The summed E-state index contributed by atoms with van der Waals surface area (Å²) < 4.78 is 5.51. The van der Waals surface area contributed by atoms with Crippen LogP contribution in [0.15, 0.2) is 42.5 Å².